The molecular weight excluding hydrogens is 316 g/mol. The SMILES string of the molecule is C[C@@H]1Cc2c(C(=O)N3CC=C(c4cccnc4)CC3)n[nH]c2[C@H](C)O1. The van der Waals surface area contributed by atoms with E-state index in [2.05, 4.69) is 27.3 Å². The molecule has 6 heteroatoms. The summed E-state index contributed by atoms with van der Waals surface area (Å²) in [5, 5.41) is 7.31. The Morgan fingerprint density at radius 2 is 2.28 bits per heavy atom. The number of nitrogens with one attached hydrogen (secondary N) is 1. The predicted octanol–water partition coefficient (Wildman–Crippen LogP) is 2.76. The fraction of sp³-hybridized carbons (Fsp3) is 0.421. The standard InChI is InChI=1S/C19H22N4O2/c1-12-10-16-17(13(2)25-12)21-22-18(16)19(24)23-8-5-14(6-9-23)15-4-3-7-20-11-15/h3-5,7,11-13H,6,8-10H2,1-2H3,(H,21,22)/t12-,13+/m1/s1. The van der Waals surface area contributed by atoms with Crippen molar-refractivity contribution < 1.29 is 9.53 Å². The summed E-state index contributed by atoms with van der Waals surface area (Å²) in [6.07, 6.45) is 7.37. The fourth-order valence-corrected chi connectivity index (χ4v) is 3.67. The van der Waals surface area contributed by atoms with E-state index in [0.717, 1.165) is 29.7 Å². The Kier molecular flexibility index (Phi) is 4.13. The Labute approximate surface area is 146 Å². The molecule has 2 aliphatic heterocycles. The minimum atomic E-state index is -0.0498. The molecule has 0 spiro atoms. The van der Waals surface area contributed by atoms with Gasteiger partial charge in [-0.3, -0.25) is 14.9 Å². The predicted molar refractivity (Wildman–Crippen MR) is 94.0 cm³/mol. The molecule has 130 valence electrons. The van der Waals surface area contributed by atoms with E-state index >= 15 is 0 Å². The molecule has 0 bridgehead atoms. The highest BCUT2D eigenvalue weighted by Gasteiger charge is 2.31. The molecule has 0 fully saturated rings. The molecule has 4 heterocycles. The summed E-state index contributed by atoms with van der Waals surface area (Å²) in [5.74, 6) is 0.000265. The molecule has 2 aromatic rings. The van der Waals surface area contributed by atoms with Crippen LogP contribution in [0.2, 0.25) is 0 Å². The van der Waals surface area contributed by atoms with Gasteiger partial charge in [-0.1, -0.05) is 12.1 Å². The maximum atomic E-state index is 13.0. The average Bonchev–Trinajstić information content (AvgIpc) is 3.06. The lowest BCUT2D eigenvalue weighted by Gasteiger charge is -2.28. The third kappa shape index (κ3) is 2.98. The van der Waals surface area contributed by atoms with E-state index in [1.807, 2.05) is 31.0 Å². The summed E-state index contributed by atoms with van der Waals surface area (Å²) < 4.78 is 5.80. The van der Waals surface area contributed by atoms with Crippen LogP contribution in [0.4, 0.5) is 0 Å². The van der Waals surface area contributed by atoms with Crippen molar-refractivity contribution in [1.82, 2.24) is 20.1 Å². The van der Waals surface area contributed by atoms with Gasteiger partial charge in [0.2, 0.25) is 0 Å². The van der Waals surface area contributed by atoms with Crippen LogP contribution in [0.3, 0.4) is 0 Å². The first-order valence-electron chi connectivity index (χ1n) is 8.74. The lowest BCUT2D eigenvalue weighted by atomic mass is 9.98. The molecule has 0 saturated heterocycles. The largest absolute Gasteiger partial charge is 0.369 e. The third-order valence-electron chi connectivity index (χ3n) is 4.96. The number of hydrogen-bond acceptors (Lipinski definition) is 4. The molecule has 2 aromatic heterocycles. The van der Waals surface area contributed by atoms with Crippen LogP contribution in [0.15, 0.2) is 30.6 Å². The maximum absolute atomic E-state index is 13.0. The average molecular weight is 338 g/mol. The van der Waals surface area contributed by atoms with Crippen LogP contribution in [-0.4, -0.2) is 45.2 Å². The van der Waals surface area contributed by atoms with Crippen molar-refractivity contribution in [3.05, 3.63) is 53.1 Å². The number of aromatic nitrogens is 3. The molecule has 0 radical (unpaired) electrons. The van der Waals surface area contributed by atoms with Crippen molar-refractivity contribution in [3.8, 4) is 0 Å². The second kappa shape index (κ2) is 6.44. The van der Waals surface area contributed by atoms with Gasteiger partial charge in [0.1, 0.15) is 0 Å². The number of amides is 1. The van der Waals surface area contributed by atoms with Gasteiger partial charge < -0.3 is 9.64 Å². The lowest BCUT2D eigenvalue weighted by Crippen LogP contribution is -2.36. The van der Waals surface area contributed by atoms with Gasteiger partial charge in [0, 0.05) is 37.5 Å². The molecule has 6 nitrogen and oxygen atoms in total. The number of fused-ring (bicyclic) bond motifs is 1. The van der Waals surface area contributed by atoms with Gasteiger partial charge in [-0.25, -0.2) is 0 Å². The maximum Gasteiger partial charge on any atom is 0.274 e. The van der Waals surface area contributed by atoms with Gasteiger partial charge in [0.25, 0.3) is 5.91 Å². The monoisotopic (exact) mass is 338 g/mol. The molecule has 2 aliphatic rings. The van der Waals surface area contributed by atoms with Gasteiger partial charge in [-0.05, 0) is 37.5 Å². The number of hydrogen-bond donors (Lipinski definition) is 1. The number of carbonyl (C=O) groups excluding carboxylic acids is 1. The van der Waals surface area contributed by atoms with E-state index in [0.29, 0.717) is 18.8 Å². The normalized spacial score (nSPS) is 23.1. The van der Waals surface area contributed by atoms with Crippen molar-refractivity contribution in [2.75, 3.05) is 13.1 Å². The Balaban J connectivity index is 1.53. The van der Waals surface area contributed by atoms with Crippen LogP contribution >= 0.6 is 0 Å². The van der Waals surface area contributed by atoms with E-state index in [1.54, 1.807) is 6.20 Å². The molecular formula is C19H22N4O2. The van der Waals surface area contributed by atoms with Crippen LogP contribution in [0.5, 0.6) is 0 Å². The van der Waals surface area contributed by atoms with Crippen LogP contribution < -0.4 is 0 Å². The molecule has 2 atom stereocenters. The molecule has 25 heavy (non-hydrogen) atoms. The number of ether oxygens (including phenoxy) is 1. The minimum absolute atomic E-state index is 0.000265. The number of H-pyrrole nitrogens is 1. The van der Waals surface area contributed by atoms with Gasteiger partial charge in [0.15, 0.2) is 5.69 Å². The fourth-order valence-electron chi connectivity index (χ4n) is 3.67. The van der Waals surface area contributed by atoms with Crippen LogP contribution in [0.1, 0.15) is 53.7 Å². The van der Waals surface area contributed by atoms with E-state index in [-0.39, 0.29) is 18.1 Å². The summed E-state index contributed by atoms with van der Waals surface area (Å²) in [5.41, 5.74) is 4.88. The topological polar surface area (TPSA) is 71.1 Å². The van der Waals surface area contributed by atoms with Gasteiger partial charge in [0.05, 0.1) is 17.9 Å². The number of rotatable bonds is 2. The molecule has 0 aromatic carbocycles. The molecule has 0 saturated carbocycles. The zero-order valence-electron chi connectivity index (χ0n) is 14.5. The third-order valence-corrected chi connectivity index (χ3v) is 4.96. The van der Waals surface area contributed by atoms with Crippen LogP contribution in [0.25, 0.3) is 5.57 Å². The van der Waals surface area contributed by atoms with Crippen LogP contribution in [-0.2, 0) is 11.2 Å². The number of aromatic amines is 1. The quantitative estimate of drug-likeness (QED) is 0.914. The van der Waals surface area contributed by atoms with Crippen molar-refractivity contribution in [2.24, 2.45) is 0 Å². The Bertz CT molecular complexity index is 812. The molecule has 0 unspecified atom stereocenters. The summed E-state index contributed by atoms with van der Waals surface area (Å²) in [4.78, 5) is 19.0. The first-order chi connectivity index (χ1) is 12.1. The van der Waals surface area contributed by atoms with Crippen molar-refractivity contribution in [3.63, 3.8) is 0 Å². The van der Waals surface area contributed by atoms with E-state index < -0.39 is 0 Å². The molecule has 1 amide bonds. The second-order valence-electron chi connectivity index (χ2n) is 6.73. The molecule has 0 aliphatic carbocycles. The van der Waals surface area contributed by atoms with Crippen molar-refractivity contribution in [1.29, 1.82) is 0 Å². The highest BCUT2D eigenvalue weighted by molar-refractivity contribution is 5.94. The van der Waals surface area contributed by atoms with Gasteiger partial charge in [-0.2, -0.15) is 5.10 Å². The zero-order chi connectivity index (χ0) is 17.4. The Morgan fingerprint density at radius 3 is 3.00 bits per heavy atom. The minimum Gasteiger partial charge on any atom is -0.369 e. The lowest BCUT2D eigenvalue weighted by molar-refractivity contribution is -0.00701. The van der Waals surface area contributed by atoms with Crippen molar-refractivity contribution >= 4 is 11.5 Å². The zero-order valence-corrected chi connectivity index (χ0v) is 14.5. The first-order valence-corrected chi connectivity index (χ1v) is 8.74. The van der Waals surface area contributed by atoms with Crippen LogP contribution in [0, 0.1) is 0 Å². The smallest absolute Gasteiger partial charge is 0.274 e. The number of nitrogens with zero attached hydrogens (tertiary/aromatic N) is 3. The van der Waals surface area contributed by atoms with E-state index in [9.17, 15) is 4.79 Å². The van der Waals surface area contributed by atoms with Gasteiger partial charge >= 0.3 is 0 Å². The van der Waals surface area contributed by atoms with E-state index in [1.165, 1.54) is 5.57 Å². The first kappa shape index (κ1) is 16.0. The number of pyridine rings is 1. The highest BCUT2D eigenvalue weighted by Crippen LogP contribution is 2.31. The van der Waals surface area contributed by atoms with Gasteiger partial charge in [-0.15, -0.1) is 0 Å². The second-order valence-corrected chi connectivity index (χ2v) is 6.73. The summed E-state index contributed by atoms with van der Waals surface area (Å²) in [7, 11) is 0. The van der Waals surface area contributed by atoms with E-state index in [4.69, 9.17) is 4.74 Å². The van der Waals surface area contributed by atoms with Crippen molar-refractivity contribution in [2.45, 2.75) is 38.9 Å². The highest BCUT2D eigenvalue weighted by atomic mass is 16.5. The summed E-state index contributed by atoms with van der Waals surface area (Å²) in [6, 6.07) is 4.00. The summed E-state index contributed by atoms with van der Waals surface area (Å²) >= 11 is 0. The Hall–Kier alpha value is -2.47. The summed E-state index contributed by atoms with van der Waals surface area (Å²) in [6.45, 7) is 5.32. The number of carbonyl (C=O) groups is 1. The Morgan fingerprint density at radius 1 is 1.40 bits per heavy atom. The molecule has 4 rings (SSSR count). The molecule has 1 N–H and O–H groups in total.